The lowest BCUT2D eigenvalue weighted by atomic mass is 9.88. The Hall–Kier alpha value is -0.980. The highest BCUT2D eigenvalue weighted by molar-refractivity contribution is 4.98. The van der Waals surface area contributed by atoms with Gasteiger partial charge in [-0.15, -0.1) is 0 Å². The molecule has 0 saturated heterocycles. The van der Waals surface area contributed by atoms with Gasteiger partial charge in [-0.3, -0.25) is 0 Å². The zero-order chi connectivity index (χ0) is 13.1. The second-order valence-electron chi connectivity index (χ2n) is 4.94. The van der Waals surface area contributed by atoms with Crippen molar-refractivity contribution in [1.82, 2.24) is 10.1 Å². The van der Waals surface area contributed by atoms with Crippen molar-refractivity contribution in [2.75, 3.05) is 13.2 Å². The summed E-state index contributed by atoms with van der Waals surface area (Å²) in [6, 6.07) is 0. The normalized spacial score (nSPS) is 15.9. The summed E-state index contributed by atoms with van der Waals surface area (Å²) in [5.74, 6) is 0.582. The average molecular weight is 243 g/mol. The molecule has 1 aromatic rings. The number of aliphatic hydroxyl groups excluding tert-OH is 1. The Bertz CT molecular complexity index is 346. The van der Waals surface area contributed by atoms with Crippen molar-refractivity contribution in [3.8, 4) is 0 Å². The van der Waals surface area contributed by atoms with Crippen molar-refractivity contribution >= 4 is 0 Å². The number of aliphatic hydroxyl groups is 1. The highest BCUT2D eigenvalue weighted by atomic mass is 16.5. The molecular weight excluding hydrogens is 222 g/mol. The van der Waals surface area contributed by atoms with Crippen molar-refractivity contribution in [2.45, 2.75) is 39.9 Å². The van der Waals surface area contributed by atoms with Crippen LogP contribution in [-0.2, 0) is 4.74 Å². The van der Waals surface area contributed by atoms with Crippen LogP contribution in [0.2, 0.25) is 0 Å². The van der Waals surface area contributed by atoms with Crippen molar-refractivity contribution in [2.24, 2.45) is 11.1 Å². The van der Waals surface area contributed by atoms with E-state index in [1.165, 1.54) is 0 Å². The van der Waals surface area contributed by atoms with Gasteiger partial charge in [-0.2, -0.15) is 4.98 Å². The molecule has 0 radical (unpaired) electrons. The topological polar surface area (TPSA) is 94.4 Å². The van der Waals surface area contributed by atoms with Crippen LogP contribution in [0.1, 0.15) is 51.6 Å². The number of nitrogens with two attached hydrogens (primary N) is 1. The molecule has 0 spiro atoms. The summed E-state index contributed by atoms with van der Waals surface area (Å²) in [4.78, 5) is 4.13. The molecule has 98 valence electrons. The van der Waals surface area contributed by atoms with Gasteiger partial charge in [0.15, 0.2) is 0 Å². The first-order chi connectivity index (χ1) is 7.90. The Balaban J connectivity index is 2.92. The van der Waals surface area contributed by atoms with Crippen molar-refractivity contribution in [3.63, 3.8) is 0 Å². The average Bonchev–Trinajstić information content (AvgIpc) is 2.72. The van der Waals surface area contributed by atoms with Crippen LogP contribution in [0.15, 0.2) is 4.52 Å². The second kappa shape index (κ2) is 5.57. The van der Waals surface area contributed by atoms with Gasteiger partial charge in [0.1, 0.15) is 12.2 Å². The lowest BCUT2D eigenvalue weighted by Crippen LogP contribution is -2.22. The summed E-state index contributed by atoms with van der Waals surface area (Å²) in [5, 5.41) is 13.3. The van der Waals surface area contributed by atoms with Gasteiger partial charge in [0.05, 0.1) is 0 Å². The van der Waals surface area contributed by atoms with Crippen LogP contribution in [-0.4, -0.2) is 28.4 Å². The fourth-order valence-electron chi connectivity index (χ4n) is 1.47. The molecule has 0 fully saturated rings. The zero-order valence-electron chi connectivity index (χ0n) is 10.8. The van der Waals surface area contributed by atoms with Gasteiger partial charge in [-0.05, 0) is 12.3 Å². The van der Waals surface area contributed by atoms with E-state index in [2.05, 4.69) is 10.1 Å². The van der Waals surface area contributed by atoms with Crippen LogP contribution >= 0.6 is 0 Å². The Morgan fingerprint density at radius 1 is 1.47 bits per heavy atom. The van der Waals surface area contributed by atoms with Gasteiger partial charge in [-0.25, -0.2) is 0 Å². The van der Waals surface area contributed by atoms with Gasteiger partial charge < -0.3 is 20.1 Å². The third kappa shape index (κ3) is 3.49. The molecule has 2 atom stereocenters. The molecule has 1 rings (SSSR count). The highest BCUT2D eigenvalue weighted by Crippen LogP contribution is 2.34. The fraction of sp³-hybridized carbons (Fsp3) is 0.818. The summed E-state index contributed by atoms with van der Waals surface area (Å²) in [5.41, 5.74) is 5.18. The molecule has 6 nitrogen and oxygen atoms in total. The van der Waals surface area contributed by atoms with E-state index in [-0.39, 0.29) is 24.0 Å². The Morgan fingerprint density at radius 2 is 2.12 bits per heavy atom. The van der Waals surface area contributed by atoms with Crippen LogP contribution in [0.3, 0.4) is 0 Å². The Kier molecular flexibility index (Phi) is 4.62. The maximum Gasteiger partial charge on any atom is 0.256 e. The highest BCUT2D eigenvalue weighted by Gasteiger charge is 2.31. The van der Waals surface area contributed by atoms with Crippen LogP contribution in [0.4, 0.5) is 0 Å². The smallest absolute Gasteiger partial charge is 0.256 e. The van der Waals surface area contributed by atoms with Gasteiger partial charge in [0.25, 0.3) is 5.89 Å². The number of hydrogen-bond acceptors (Lipinski definition) is 6. The van der Waals surface area contributed by atoms with E-state index in [1.807, 2.05) is 27.7 Å². The monoisotopic (exact) mass is 243 g/mol. The van der Waals surface area contributed by atoms with Crippen LogP contribution in [0.25, 0.3) is 0 Å². The fourth-order valence-corrected chi connectivity index (χ4v) is 1.47. The van der Waals surface area contributed by atoms with Gasteiger partial charge in [0.2, 0.25) is 5.82 Å². The van der Waals surface area contributed by atoms with Crippen LogP contribution in [0, 0.1) is 5.41 Å². The van der Waals surface area contributed by atoms with Gasteiger partial charge >= 0.3 is 0 Å². The van der Waals surface area contributed by atoms with Crippen molar-refractivity contribution in [1.29, 1.82) is 0 Å². The second-order valence-corrected chi connectivity index (χ2v) is 4.94. The van der Waals surface area contributed by atoms with Gasteiger partial charge in [-0.1, -0.05) is 25.9 Å². The first-order valence-corrected chi connectivity index (χ1v) is 5.73. The Morgan fingerprint density at radius 3 is 2.59 bits per heavy atom. The molecule has 17 heavy (non-hydrogen) atoms. The summed E-state index contributed by atoms with van der Waals surface area (Å²) >= 11 is 0. The van der Waals surface area contributed by atoms with Crippen molar-refractivity contribution in [3.05, 3.63) is 11.7 Å². The number of aromatic nitrogens is 2. The molecule has 0 aliphatic rings. The summed E-state index contributed by atoms with van der Waals surface area (Å²) in [6.07, 6.45) is -1.19. The molecule has 1 aromatic heterocycles. The SMILES string of the molecule is CCOC(c1noc([C@@H](O)CN)n1)C(C)(C)C. The molecule has 3 N–H and O–H groups in total. The first-order valence-electron chi connectivity index (χ1n) is 5.73. The number of hydrogen-bond donors (Lipinski definition) is 2. The minimum absolute atomic E-state index is 0.0520. The summed E-state index contributed by atoms with van der Waals surface area (Å²) in [7, 11) is 0. The van der Waals surface area contributed by atoms with E-state index >= 15 is 0 Å². The minimum Gasteiger partial charge on any atom is -0.382 e. The molecule has 1 unspecified atom stereocenters. The van der Waals surface area contributed by atoms with E-state index in [9.17, 15) is 5.11 Å². The van der Waals surface area contributed by atoms with E-state index < -0.39 is 6.10 Å². The third-order valence-corrected chi connectivity index (χ3v) is 2.32. The lowest BCUT2D eigenvalue weighted by Gasteiger charge is -2.27. The van der Waals surface area contributed by atoms with Crippen molar-refractivity contribution < 1.29 is 14.4 Å². The molecule has 0 aliphatic carbocycles. The molecule has 0 aliphatic heterocycles. The molecule has 0 aromatic carbocycles. The maximum absolute atomic E-state index is 9.50. The van der Waals surface area contributed by atoms with E-state index in [4.69, 9.17) is 15.0 Å². The lowest BCUT2D eigenvalue weighted by molar-refractivity contribution is -0.0203. The zero-order valence-corrected chi connectivity index (χ0v) is 10.8. The van der Waals surface area contributed by atoms with E-state index in [0.717, 1.165) is 0 Å². The molecule has 0 amide bonds. The number of rotatable bonds is 5. The molecule has 6 heteroatoms. The van der Waals surface area contributed by atoms with Crippen LogP contribution in [0.5, 0.6) is 0 Å². The number of ether oxygens (including phenoxy) is 1. The standard InChI is InChI=1S/C11H21N3O3/c1-5-16-8(11(2,3)4)9-13-10(17-14-9)7(15)6-12/h7-8,15H,5-6,12H2,1-4H3/t7-,8?/m0/s1. The molecular formula is C11H21N3O3. The predicted octanol–water partition coefficient (Wildman–Crippen LogP) is 1.19. The first kappa shape index (κ1) is 14.1. The molecule has 1 heterocycles. The summed E-state index contributed by atoms with van der Waals surface area (Å²) < 4.78 is 10.6. The quantitative estimate of drug-likeness (QED) is 0.806. The summed E-state index contributed by atoms with van der Waals surface area (Å²) in [6.45, 7) is 8.62. The molecule has 0 saturated carbocycles. The van der Waals surface area contributed by atoms with Crippen LogP contribution < -0.4 is 5.73 Å². The van der Waals surface area contributed by atoms with E-state index in [1.54, 1.807) is 0 Å². The Labute approximate surface area is 101 Å². The molecule has 0 bridgehead atoms. The predicted molar refractivity (Wildman–Crippen MR) is 62.1 cm³/mol. The van der Waals surface area contributed by atoms with E-state index in [0.29, 0.717) is 12.4 Å². The minimum atomic E-state index is -0.918. The maximum atomic E-state index is 9.50. The largest absolute Gasteiger partial charge is 0.382 e. The third-order valence-electron chi connectivity index (χ3n) is 2.32. The van der Waals surface area contributed by atoms with Gasteiger partial charge in [0, 0.05) is 13.2 Å². The number of nitrogens with zero attached hydrogens (tertiary/aromatic N) is 2.